The van der Waals surface area contributed by atoms with Gasteiger partial charge in [-0.1, -0.05) is 0 Å². The largest absolute Gasteiger partial charge is 0.496 e. The number of piperazine rings is 1. The SMILES string of the molecule is COc1cc(OC)c(OC)cc1CNC(=O)CN1CCN(CC(=O)N2CCCC2)CC1. The second kappa shape index (κ2) is 11.2. The van der Waals surface area contributed by atoms with Gasteiger partial charge in [0.05, 0.1) is 34.4 Å². The lowest BCUT2D eigenvalue weighted by atomic mass is 10.1. The molecule has 0 bridgehead atoms. The number of amides is 2. The normalized spacial score (nSPS) is 17.5. The summed E-state index contributed by atoms with van der Waals surface area (Å²) in [5.74, 6) is 1.99. The third kappa shape index (κ3) is 6.24. The van der Waals surface area contributed by atoms with Crippen LogP contribution in [0.25, 0.3) is 0 Å². The fraction of sp³-hybridized carbons (Fsp3) is 0.636. The van der Waals surface area contributed by atoms with E-state index in [0.29, 0.717) is 36.9 Å². The number of methoxy groups -OCH3 is 3. The lowest BCUT2D eigenvalue weighted by Crippen LogP contribution is -2.51. The van der Waals surface area contributed by atoms with Gasteiger partial charge >= 0.3 is 0 Å². The maximum Gasteiger partial charge on any atom is 0.236 e. The minimum atomic E-state index is -0.0431. The number of hydrogen-bond acceptors (Lipinski definition) is 7. The van der Waals surface area contributed by atoms with Crippen LogP contribution in [0.15, 0.2) is 12.1 Å². The molecule has 1 aromatic rings. The molecule has 2 heterocycles. The van der Waals surface area contributed by atoms with Crippen molar-refractivity contribution in [1.29, 1.82) is 0 Å². The van der Waals surface area contributed by atoms with Gasteiger partial charge in [-0.15, -0.1) is 0 Å². The van der Waals surface area contributed by atoms with Gasteiger partial charge in [-0.25, -0.2) is 0 Å². The standard InChI is InChI=1S/C22H34N4O5/c1-29-18-13-20(31-3)19(30-2)12-17(18)14-23-21(27)15-24-8-10-25(11-9-24)16-22(28)26-6-4-5-7-26/h12-13H,4-11,14-16H2,1-3H3,(H,23,27). The minimum absolute atomic E-state index is 0.0431. The van der Waals surface area contributed by atoms with Crippen LogP contribution in [-0.4, -0.2) is 100 Å². The van der Waals surface area contributed by atoms with Crippen molar-refractivity contribution in [2.45, 2.75) is 19.4 Å². The minimum Gasteiger partial charge on any atom is -0.496 e. The molecule has 2 aliphatic heterocycles. The summed E-state index contributed by atoms with van der Waals surface area (Å²) in [6.07, 6.45) is 2.23. The van der Waals surface area contributed by atoms with Gasteiger partial charge in [-0.3, -0.25) is 19.4 Å². The van der Waals surface area contributed by atoms with Gasteiger partial charge in [-0.2, -0.15) is 0 Å². The van der Waals surface area contributed by atoms with Gasteiger partial charge < -0.3 is 24.4 Å². The maximum atomic E-state index is 12.5. The molecule has 9 nitrogen and oxygen atoms in total. The van der Waals surface area contributed by atoms with Gasteiger partial charge in [0.25, 0.3) is 0 Å². The van der Waals surface area contributed by atoms with Crippen LogP contribution in [0.3, 0.4) is 0 Å². The summed E-state index contributed by atoms with van der Waals surface area (Å²) in [5, 5.41) is 2.96. The van der Waals surface area contributed by atoms with E-state index in [9.17, 15) is 9.59 Å². The van der Waals surface area contributed by atoms with Crippen LogP contribution in [0.1, 0.15) is 18.4 Å². The molecule has 3 rings (SSSR count). The second-order valence-electron chi connectivity index (χ2n) is 7.94. The quantitative estimate of drug-likeness (QED) is 0.608. The Hall–Kier alpha value is -2.52. The van der Waals surface area contributed by atoms with Crippen molar-refractivity contribution in [2.24, 2.45) is 0 Å². The van der Waals surface area contributed by atoms with E-state index in [1.165, 1.54) is 0 Å². The first-order valence-corrected chi connectivity index (χ1v) is 10.8. The number of carbonyl (C=O) groups excluding carboxylic acids is 2. The monoisotopic (exact) mass is 434 g/mol. The molecule has 2 amide bonds. The molecule has 0 spiro atoms. The summed E-state index contributed by atoms with van der Waals surface area (Å²) in [5.41, 5.74) is 0.818. The Kier molecular flexibility index (Phi) is 8.36. The number of ether oxygens (including phenoxy) is 3. The molecule has 0 aliphatic carbocycles. The number of hydrogen-bond donors (Lipinski definition) is 1. The van der Waals surface area contributed by atoms with E-state index >= 15 is 0 Å². The maximum absolute atomic E-state index is 12.5. The third-order valence-corrected chi connectivity index (χ3v) is 5.91. The van der Waals surface area contributed by atoms with E-state index in [-0.39, 0.29) is 11.8 Å². The predicted molar refractivity (Wildman–Crippen MR) is 117 cm³/mol. The highest BCUT2D eigenvalue weighted by molar-refractivity contribution is 5.79. The Balaban J connectivity index is 1.43. The van der Waals surface area contributed by atoms with Crippen molar-refractivity contribution in [3.63, 3.8) is 0 Å². The van der Waals surface area contributed by atoms with Gasteiger partial charge in [0, 0.05) is 57.4 Å². The first-order valence-electron chi connectivity index (χ1n) is 10.8. The zero-order valence-corrected chi connectivity index (χ0v) is 18.8. The van der Waals surface area contributed by atoms with E-state index in [4.69, 9.17) is 14.2 Å². The molecule has 1 N–H and O–H groups in total. The molecule has 1 aromatic carbocycles. The van der Waals surface area contributed by atoms with Crippen LogP contribution < -0.4 is 19.5 Å². The van der Waals surface area contributed by atoms with Crippen molar-refractivity contribution in [3.05, 3.63) is 17.7 Å². The fourth-order valence-corrected chi connectivity index (χ4v) is 4.05. The number of likely N-dealkylation sites (tertiary alicyclic amines) is 1. The van der Waals surface area contributed by atoms with Crippen molar-refractivity contribution >= 4 is 11.8 Å². The Morgan fingerprint density at radius 1 is 0.806 bits per heavy atom. The lowest BCUT2D eigenvalue weighted by molar-refractivity contribution is -0.132. The summed E-state index contributed by atoms with van der Waals surface area (Å²) >= 11 is 0. The van der Waals surface area contributed by atoms with E-state index in [2.05, 4.69) is 15.1 Å². The average molecular weight is 435 g/mol. The molecule has 0 atom stereocenters. The summed E-state index contributed by atoms with van der Waals surface area (Å²) < 4.78 is 16.1. The molecule has 2 saturated heterocycles. The van der Waals surface area contributed by atoms with Crippen LogP contribution in [0.4, 0.5) is 0 Å². The first kappa shape index (κ1) is 23.1. The third-order valence-electron chi connectivity index (χ3n) is 5.91. The van der Waals surface area contributed by atoms with Gasteiger partial charge in [0.15, 0.2) is 11.5 Å². The molecule has 172 valence electrons. The summed E-state index contributed by atoms with van der Waals surface area (Å²) in [4.78, 5) is 31.0. The van der Waals surface area contributed by atoms with Crippen molar-refractivity contribution < 1.29 is 23.8 Å². The summed E-state index contributed by atoms with van der Waals surface area (Å²) in [6, 6.07) is 3.57. The molecule has 0 aromatic heterocycles. The smallest absolute Gasteiger partial charge is 0.236 e. The number of nitrogens with zero attached hydrogens (tertiary/aromatic N) is 3. The Bertz CT molecular complexity index is 759. The molecule has 2 fully saturated rings. The van der Waals surface area contributed by atoms with Crippen LogP contribution >= 0.6 is 0 Å². The zero-order chi connectivity index (χ0) is 22.2. The molecular formula is C22H34N4O5. The highest BCUT2D eigenvalue weighted by Crippen LogP contribution is 2.34. The van der Waals surface area contributed by atoms with Crippen LogP contribution in [0.5, 0.6) is 17.2 Å². The molecule has 2 aliphatic rings. The van der Waals surface area contributed by atoms with Gasteiger partial charge in [0.1, 0.15) is 5.75 Å². The highest BCUT2D eigenvalue weighted by Gasteiger charge is 2.24. The topological polar surface area (TPSA) is 83.6 Å². The van der Waals surface area contributed by atoms with Crippen LogP contribution in [-0.2, 0) is 16.1 Å². The summed E-state index contributed by atoms with van der Waals surface area (Å²) in [6.45, 7) is 6.11. The number of benzene rings is 1. The van der Waals surface area contributed by atoms with E-state index in [0.717, 1.165) is 57.7 Å². The van der Waals surface area contributed by atoms with E-state index in [1.807, 2.05) is 11.0 Å². The molecule has 9 heteroatoms. The Labute approximate surface area is 184 Å². The number of nitrogens with one attached hydrogen (secondary N) is 1. The number of rotatable bonds is 9. The van der Waals surface area contributed by atoms with E-state index < -0.39 is 0 Å². The number of carbonyl (C=O) groups is 2. The highest BCUT2D eigenvalue weighted by atomic mass is 16.5. The molecule has 31 heavy (non-hydrogen) atoms. The fourth-order valence-electron chi connectivity index (χ4n) is 4.05. The molecule has 0 radical (unpaired) electrons. The second-order valence-corrected chi connectivity index (χ2v) is 7.94. The average Bonchev–Trinajstić information content (AvgIpc) is 3.33. The first-order chi connectivity index (χ1) is 15.0. The van der Waals surface area contributed by atoms with Gasteiger partial charge in [0.2, 0.25) is 11.8 Å². The summed E-state index contributed by atoms with van der Waals surface area (Å²) in [7, 11) is 4.73. The van der Waals surface area contributed by atoms with Crippen LogP contribution in [0.2, 0.25) is 0 Å². The Morgan fingerprint density at radius 3 is 1.94 bits per heavy atom. The van der Waals surface area contributed by atoms with Gasteiger partial charge in [-0.05, 0) is 18.9 Å². The van der Waals surface area contributed by atoms with Crippen molar-refractivity contribution in [3.8, 4) is 17.2 Å². The Morgan fingerprint density at radius 2 is 1.35 bits per heavy atom. The lowest BCUT2D eigenvalue weighted by Gasteiger charge is -2.34. The van der Waals surface area contributed by atoms with Crippen LogP contribution in [0, 0.1) is 0 Å². The molecule has 0 unspecified atom stereocenters. The predicted octanol–water partition coefficient (Wildman–Crippen LogP) is 0.569. The van der Waals surface area contributed by atoms with Crippen molar-refractivity contribution in [1.82, 2.24) is 20.0 Å². The molecular weight excluding hydrogens is 400 g/mol. The molecule has 0 saturated carbocycles. The van der Waals surface area contributed by atoms with E-state index in [1.54, 1.807) is 27.4 Å². The zero-order valence-electron chi connectivity index (χ0n) is 18.8. The van der Waals surface area contributed by atoms with Crippen molar-refractivity contribution in [2.75, 3.05) is 73.7 Å².